The van der Waals surface area contributed by atoms with Gasteiger partial charge in [-0.15, -0.1) is 0 Å². The minimum atomic E-state index is -0.626. The van der Waals surface area contributed by atoms with Crippen LogP contribution in [0, 0.1) is 0 Å². The molecule has 2 N–H and O–H groups in total. The van der Waals surface area contributed by atoms with Crippen molar-refractivity contribution in [2.45, 2.75) is 31.5 Å². The molecule has 8 heteroatoms. The Morgan fingerprint density at radius 3 is 2.84 bits per heavy atom. The van der Waals surface area contributed by atoms with Gasteiger partial charge in [0.25, 0.3) is 5.91 Å². The summed E-state index contributed by atoms with van der Waals surface area (Å²) in [5.74, 6) is -0.392. The lowest BCUT2D eigenvalue weighted by Crippen LogP contribution is -2.52. The number of imide groups is 1. The molecule has 3 heterocycles. The van der Waals surface area contributed by atoms with Gasteiger partial charge in [-0.05, 0) is 24.1 Å². The fraction of sp³-hybridized carbons (Fsp3) is 0.471. The van der Waals surface area contributed by atoms with Crippen molar-refractivity contribution in [1.29, 1.82) is 0 Å². The van der Waals surface area contributed by atoms with Crippen molar-refractivity contribution in [1.82, 2.24) is 10.2 Å². The van der Waals surface area contributed by atoms with Crippen LogP contribution < -0.4 is 15.0 Å². The average Bonchev–Trinajstić information content (AvgIpc) is 2.89. The minimum Gasteiger partial charge on any atom is -0.484 e. The van der Waals surface area contributed by atoms with Crippen molar-refractivity contribution in [3.63, 3.8) is 0 Å². The molecule has 25 heavy (non-hydrogen) atoms. The predicted octanol–water partition coefficient (Wildman–Crippen LogP) is -0.363. The van der Waals surface area contributed by atoms with E-state index in [0.29, 0.717) is 30.8 Å². The summed E-state index contributed by atoms with van der Waals surface area (Å²) < 4.78 is 5.75. The number of nitrogens with one attached hydrogen (secondary N) is 1. The Bertz CT molecular complexity index is 778. The highest BCUT2D eigenvalue weighted by molar-refractivity contribution is 6.05. The molecule has 132 valence electrons. The van der Waals surface area contributed by atoms with E-state index in [2.05, 4.69) is 5.32 Å². The molecular weight excluding hydrogens is 326 g/mol. The summed E-state index contributed by atoms with van der Waals surface area (Å²) in [6.45, 7) is 0.801. The SMILES string of the molecule is CN1C[C@@H](CO)Oc2cc3c(cc21)CN([C@@H]1CCC(=O)NC1=O)C3=O. The van der Waals surface area contributed by atoms with E-state index < -0.39 is 11.9 Å². The first-order valence-electron chi connectivity index (χ1n) is 8.28. The molecule has 0 saturated carbocycles. The van der Waals surface area contributed by atoms with Crippen molar-refractivity contribution in [2.24, 2.45) is 0 Å². The maximum Gasteiger partial charge on any atom is 0.255 e. The van der Waals surface area contributed by atoms with Crippen LogP contribution in [-0.2, 0) is 16.1 Å². The highest BCUT2D eigenvalue weighted by Crippen LogP contribution is 2.39. The van der Waals surface area contributed by atoms with Crippen LogP contribution in [0.4, 0.5) is 5.69 Å². The normalized spacial score (nSPS) is 25.4. The highest BCUT2D eigenvalue weighted by Gasteiger charge is 2.40. The van der Waals surface area contributed by atoms with Gasteiger partial charge in [0.1, 0.15) is 17.9 Å². The fourth-order valence-electron chi connectivity index (χ4n) is 3.69. The number of piperidine rings is 1. The van der Waals surface area contributed by atoms with Gasteiger partial charge in [-0.1, -0.05) is 0 Å². The van der Waals surface area contributed by atoms with E-state index in [-0.39, 0.29) is 30.9 Å². The molecule has 3 aliphatic rings. The van der Waals surface area contributed by atoms with Crippen LogP contribution in [0.3, 0.4) is 0 Å². The molecule has 0 spiro atoms. The zero-order valence-corrected chi connectivity index (χ0v) is 13.8. The zero-order chi connectivity index (χ0) is 17.7. The standard InChI is InChI=1S/C17H19N3O5/c1-19-7-10(8-21)25-14-5-11-9(4-13(14)19)6-20(17(11)24)12-2-3-15(22)18-16(12)23/h4-5,10,12,21H,2-3,6-8H2,1H3,(H,18,22,23)/t10-,12+/m0/s1. The molecule has 1 fully saturated rings. The number of amides is 3. The van der Waals surface area contributed by atoms with Gasteiger partial charge >= 0.3 is 0 Å². The van der Waals surface area contributed by atoms with Gasteiger partial charge in [-0.3, -0.25) is 19.7 Å². The lowest BCUT2D eigenvalue weighted by molar-refractivity contribution is -0.136. The topological polar surface area (TPSA) is 99.2 Å². The third-order valence-corrected chi connectivity index (χ3v) is 4.99. The Kier molecular flexibility index (Phi) is 3.64. The molecule has 0 aromatic heterocycles. The van der Waals surface area contributed by atoms with E-state index in [1.165, 1.54) is 4.90 Å². The third-order valence-electron chi connectivity index (χ3n) is 4.99. The Balaban J connectivity index is 1.64. The monoisotopic (exact) mass is 345 g/mol. The Hall–Kier alpha value is -2.61. The van der Waals surface area contributed by atoms with Crippen LogP contribution in [0.2, 0.25) is 0 Å². The Morgan fingerprint density at radius 2 is 2.12 bits per heavy atom. The summed E-state index contributed by atoms with van der Waals surface area (Å²) >= 11 is 0. The number of ether oxygens (including phenoxy) is 1. The second kappa shape index (κ2) is 5.73. The summed E-state index contributed by atoms with van der Waals surface area (Å²) in [6, 6.07) is 2.97. The van der Waals surface area contributed by atoms with E-state index in [0.717, 1.165) is 11.3 Å². The second-order valence-electron chi connectivity index (χ2n) is 6.68. The molecule has 3 amide bonds. The smallest absolute Gasteiger partial charge is 0.255 e. The Morgan fingerprint density at radius 1 is 1.32 bits per heavy atom. The summed E-state index contributed by atoms with van der Waals surface area (Å²) in [5.41, 5.74) is 2.21. The van der Waals surface area contributed by atoms with Gasteiger partial charge in [-0.25, -0.2) is 0 Å². The molecule has 2 atom stereocenters. The number of anilines is 1. The number of fused-ring (bicyclic) bond motifs is 2. The average molecular weight is 345 g/mol. The van der Waals surface area contributed by atoms with Gasteiger partial charge in [0.15, 0.2) is 0 Å². The van der Waals surface area contributed by atoms with E-state index in [1.807, 2.05) is 18.0 Å². The summed E-state index contributed by atoms with van der Waals surface area (Å²) in [7, 11) is 1.91. The van der Waals surface area contributed by atoms with Crippen LogP contribution in [0.25, 0.3) is 0 Å². The van der Waals surface area contributed by atoms with Crippen molar-refractivity contribution >= 4 is 23.4 Å². The third kappa shape index (κ3) is 2.53. The maximum absolute atomic E-state index is 12.8. The number of rotatable bonds is 2. The number of hydrogen-bond acceptors (Lipinski definition) is 6. The molecule has 0 bridgehead atoms. The molecule has 0 radical (unpaired) electrons. The van der Waals surface area contributed by atoms with Gasteiger partial charge in [0.05, 0.1) is 18.8 Å². The van der Waals surface area contributed by atoms with Gasteiger partial charge in [-0.2, -0.15) is 0 Å². The lowest BCUT2D eigenvalue weighted by Gasteiger charge is -2.33. The molecule has 8 nitrogen and oxygen atoms in total. The number of benzene rings is 1. The van der Waals surface area contributed by atoms with Crippen LogP contribution in [0.5, 0.6) is 5.75 Å². The van der Waals surface area contributed by atoms with Gasteiger partial charge in [0.2, 0.25) is 11.8 Å². The van der Waals surface area contributed by atoms with Gasteiger partial charge in [0, 0.05) is 25.6 Å². The number of aliphatic hydroxyl groups is 1. The number of hydrogen-bond donors (Lipinski definition) is 2. The van der Waals surface area contributed by atoms with Crippen molar-refractivity contribution in [2.75, 3.05) is 25.1 Å². The Labute approximate surface area is 144 Å². The number of carbonyl (C=O) groups is 3. The second-order valence-corrected chi connectivity index (χ2v) is 6.68. The van der Waals surface area contributed by atoms with E-state index in [1.54, 1.807) is 6.07 Å². The molecule has 1 aromatic rings. The summed E-state index contributed by atoms with van der Waals surface area (Å²) in [6.07, 6.45) is 0.239. The first kappa shape index (κ1) is 15.9. The number of aliphatic hydroxyl groups excluding tert-OH is 1. The minimum absolute atomic E-state index is 0.1000. The van der Waals surface area contributed by atoms with Crippen molar-refractivity contribution < 1.29 is 24.2 Å². The van der Waals surface area contributed by atoms with Crippen molar-refractivity contribution in [3.8, 4) is 5.75 Å². The van der Waals surface area contributed by atoms with Crippen LogP contribution >= 0.6 is 0 Å². The van der Waals surface area contributed by atoms with Crippen molar-refractivity contribution in [3.05, 3.63) is 23.3 Å². The molecule has 3 aliphatic heterocycles. The van der Waals surface area contributed by atoms with E-state index >= 15 is 0 Å². The molecular formula is C17H19N3O5. The predicted molar refractivity (Wildman–Crippen MR) is 87.3 cm³/mol. The number of carbonyl (C=O) groups excluding carboxylic acids is 3. The molecule has 0 aliphatic carbocycles. The molecule has 0 unspecified atom stereocenters. The lowest BCUT2D eigenvalue weighted by atomic mass is 10.0. The first-order chi connectivity index (χ1) is 12.0. The van der Waals surface area contributed by atoms with E-state index in [4.69, 9.17) is 4.74 Å². The molecule has 1 saturated heterocycles. The van der Waals surface area contributed by atoms with Crippen LogP contribution in [0.15, 0.2) is 12.1 Å². The number of nitrogens with zero attached hydrogens (tertiary/aromatic N) is 2. The van der Waals surface area contributed by atoms with E-state index in [9.17, 15) is 19.5 Å². The summed E-state index contributed by atoms with van der Waals surface area (Å²) in [4.78, 5) is 39.7. The zero-order valence-electron chi connectivity index (χ0n) is 13.8. The van der Waals surface area contributed by atoms with Crippen LogP contribution in [0.1, 0.15) is 28.8 Å². The first-order valence-corrected chi connectivity index (χ1v) is 8.28. The molecule has 4 rings (SSSR count). The summed E-state index contributed by atoms with van der Waals surface area (Å²) in [5, 5.41) is 11.6. The van der Waals surface area contributed by atoms with Gasteiger partial charge < -0.3 is 19.6 Å². The molecule has 1 aromatic carbocycles. The van der Waals surface area contributed by atoms with Crippen LogP contribution in [-0.4, -0.2) is 60.1 Å². The maximum atomic E-state index is 12.8. The largest absolute Gasteiger partial charge is 0.484 e. The highest BCUT2D eigenvalue weighted by atomic mass is 16.5. The number of likely N-dealkylation sites (N-methyl/N-ethyl adjacent to an activating group) is 1. The quantitative estimate of drug-likeness (QED) is 0.710. The fourth-order valence-corrected chi connectivity index (χ4v) is 3.69.